The molecular formula is C17H12F4O3. The Hall–Kier alpha value is -2.57. The van der Waals surface area contributed by atoms with Crippen molar-refractivity contribution in [1.29, 1.82) is 0 Å². The molecule has 0 aromatic heterocycles. The topological polar surface area (TPSA) is 46.5 Å². The zero-order chi connectivity index (χ0) is 17.5. The third-order valence-corrected chi connectivity index (χ3v) is 4.00. The highest BCUT2D eigenvalue weighted by molar-refractivity contribution is 5.90. The van der Waals surface area contributed by atoms with Gasteiger partial charge in [-0.15, -0.1) is 0 Å². The molecule has 1 aliphatic heterocycles. The Bertz CT molecular complexity index is 799. The Morgan fingerprint density at radius 1 is 1.12 bits per heavy atom. The maximum atomic E-state index is 13.3. The first-order valence-corrected chi connectivity index (χ1v) is 7.14. The fourth-order valence-corrected chi connectivity index (χ4v) is 2.91. The number of aromatic carboxylic acids is 1. The average molecular weight is 340 g/mol. The van der Waals surface area contributed by atoms with E-state index in [1.54, 1.807) is 0 Å². The van der Waals surface area contributed by atoms with Gasteiger partial charge in [-0.05, 0) is 36.2 Å². The molecule has 1 N–H and O–H groups in total. The van der Waals surface area contributed by atoms with E-state index in [0.717, 1.165) is 24.3 Å². The van der Waals surface area contributed by atoms with Crippen LogP contribution in [0, 0.1) is 5.82 Å². The molecule has 0 bridgehead atoms. The number of benzene rings is 2. The van der Waals surface area contributed by atoms with Gasteiger partial charge in [0.15, 0.2) is 0 Å². The number of fused-ring (bicyclic) bond motifs is 1. The average Bonchev–Trinajstić information content (AvgIpc) is 2.52. The minimum Gasteiger partial charge on any atom is -0.493 e. The second-order valence-corrected chi connectivity index (χ2v) is 5.48. The van der Waals surface area contributed by atoms with Crippen LogP contribution < -0.4 is 4.74 Å². The second kappa shape index (κ2) is 5.81. The Labute approximate surface area is 134 Å². The summed E-state index contributed by atoms with van der Waals surface area (Å²) in [5.74, 6) is -2.23. The van der Waals surface area contributed by atoms with Crippen LogP contribution in [-0.2, 0) is 6.18 Å². The molecule has 0 saturated heterocycles. The lowest BCUT2D eigenvalue weighted by Crippen LogP contribution is -2.19. The van der Waals surface area contributed by atoms with Crippen molar-refractivity contribution < 1.29 is 32.2 Å². The molecule has 7 heteroatoms. The standard InChI is InChI=1S/C17H12F4O3/c18-10-2-4-12-11(5-6-24-15(12)8-10)14-7-9(17(19,20)21)1-3-13(14)16(22)23/h1-4,7-8,11H,5-6H2,(H,22,23). The lowest BCUT2D eigenvalue weighted by molar-refractivity contribution is -0.137. The molecule has 1 heterocycles. The number of carboxylic acids is 1. The molecule has 3 rings (SSSR count). The number of alkyl halides is 3. The first kappa shape index (κ1) is 16.3. The molecule has 1 unspecified atom stereocenters. The normalized spacial score (nSPS) is 17.1. The van der Waals surface area contributed by atoms with E-state index in [1.807, 2.05) is 0 Å². The third-order valence-electron chi connectivity index (χ3n) is 4.00. The molecule has 0 aliphatic carbocycles. The van der Waals surface area contributed by atoms with Gasteiger partial charge >= 0.3 is 12.1 Å². The Morgan fingerprint density at radius 3 is 2.54 bits per heavy atom. The SMILES string of the molecule is O=C(O)c1ccc(C(F)(F)F)cc1C1CCOc2cc(F)ccc21. The highest BCUT2D eigenvalue weighted by atomic mass is 19.4. The van der Waals surface area contributed by atoms with Crippen molar-refractivity contribution in [1.82, 2.24) is 0 Å². The first-order valence-electron chi connectivity index (χ1n) is 7.14. The number of hydrogen-bond acceptors (Lipinski definition) is 2. The largest absolute Gasteiger partial charge is 0.493 e. The monoisotopic (exact) mass is 340 g/mol. The molecule has 24 heavy (non-hydrogen) atoms. The van der Waals surface area contributed by atoms with Gasteiger partial charge in [0.1, 0.15) is 11.6 Å². The second-order valence-electron chi connectivity index (χ2n) is 5.48. The van der Waals surface area contributed by atoms with Crippen LogP contribution in [0.4, 0.5) is 17.6 Å². The van der Waals surface area contributed by atoms with E-state index in [-0.39, 0.29) is 23.5 Å². The number of carboxylic acid groups (broad SMARTS) is 1. The molecule has 0 saturated carbocycles. The van der Waals surface area contributed by atoms with Crippen LogP contribution in [0.3, 0.4) is 0 Å². The minimum absolute atomic E-state index is 0.0495. The molecular weight excluding hydrogens is 328 g/mol. The van der Waals surface area contributed by atoms with Crippen molar-refractivity contribution in [2.24, 2.45) is 0 Å². The summed E-state index contributed by atoms with van der Waals surface area (Å²) in [6.07, 6.45) is -4.28. The van der Waals surface area contributed by atoms with E-state index in [9.17, 15) is 27.5 Å². The van der Waals surface area contributed by atoms with Gasteiger partial charge in [0, 0.05) is 17.5 Å². The third kappa shape index (κ3) is 2.93. The van der Waals surface area contributed by atoms with Gasteiger partial charge < -0.3 is 9.84 Å². The Kier molecular flexibility index (Phi) is 3.95. The van der Waals surface area contributed by atoms with E-state index >= 15 is 0 Å². The van der Waals surface area contributed by atoms with Crippen LogP contribution in [0.25, 0.3) is 0 Å². The van der Waals surface area contributed by atoms with E-state index in [4.69, 9.17) is 4.74 Å². The Balaban J connectivity index is 2.17. The van der Waals surface area contributed by atoms with Gasteiger partial charge in [-0.1, -0.05) is 6.07 Å². The van der Waals surface area contributed by atoms with Crippen molar-refractivity contribution in [2.75, 3.05) is 6.61 Å². The van der Waals surface area contributed by atoms with Crippen molar-refractivity contribution >= 4 is 5.97 Å². The summed E-state index contributed by atoms with van der Waals surface area (Å²) in [5, 5.41) is 9.31. The van der Waals surface area contributed by atoms with Gasteiger partial charge in [0.2, 0.25) is 0 Å². The van der Waals surface area contributed by atoms with Crippen LogP contribution in [0.1, 0.15) is 39.4 Å². The van der Waals surface area contributed by atoms with Gasteiger partial charge in [0.05, 0.1) is 17.7 Å². The van der Waals surface area contributed by atoms with E-state index in [2.05, 4.69) is 0 Å². The summed E-state index contributed by atoms with van der Waals surface area (Å²) < 4.78 is 57.7. The van der Waals surface area contributed by atoms with Crippen LogP contribution >= 0.6 is 0 Å². The molecule has 0 radical (unpaired) electrons. The van der Waals surface area contributed by atoms with Gasteiger partial charge in [-0.2, -0.15) is 13.2 Å². The summed E-state index contributed by atoms with van der Waals surface area (Å²) in [6, 6.07) is 6.30. The fourth-order valence-electron chi connectivity index (χ4n) is 2.91. The zero-order valence-corrected chi connectivity index (χ0v) is 12.2. The highest BCUT2D eigenvalue weighted by Gasteiger charge is 2.34. The van der Waals surface area contributed by atoms with Crippen LogP contribution in [0.2, 0.25) is 0 Å². The van der Waals surface area contributed by atoms with Crippen molar-refractivity contribution in [3.8, 4) is 5.75 Å². The lowest BCUT2D eigenvalue weighted by Gasteiger charge is -2.27. The van der Waals surface area contributed by atoms with Crippen molar-refractivity contribution in [3.05, 3.63) is 64.5 Å². The van der Waals surface area contributed by atoms with Crippen molar-refractivity contribution in [3.63, 3.8) is 0 Å². The number of rotatable bonds is 2. The highest BCUT2D eigenvalue weighted by Crippen LogP contribution is 2.41. The maximum Gasteiger partial charge on any atom is 0.416 e. The summed E-state index contributed by atoms with van der Waals surface area (Å²) in [7, 11) is 0. The molecule has 1 aliphatic rings. The smallest absolute Gasteiger partial charge is 0.416 e. The molecule has 126 valence electrons. The molecule has 2 aromatic carbocycles. The van der Waals surface area contributed by atoms with Crippen molar-refractivity contribution in [2.45, 2.75) is 18.5 Å². The van der Waals surface area contributed by atoms with E-state index in [1.165, 1.54) is 12.1 Å². The summed E-state index contributed by atoms with van der Waals surface area (Å²) in [6.45, 7) is 0.163. The maximum absolute atomic E-state index is 13.3. The first-order chi connectivity index (χ1) is 11.3. The number of halogens is 4. The minimum atomic E-state index is -4.58. The van der Waals surface area contributed by atoms with Gasteiger partial charge in [-0.25, -0.2) is 9.18 Å². The predicted molar refractivity (Wildman–Crippen MR) is 76.8 cm³/mol. The lowest BCUT2D eigenvalue weighted by atomic mass is 9.83. The van der Waals surface area contributed by atoms with Gasteiger partial charge in [0.25, 0.3) is 0 Å². The molecule has 1 atom stereocenters. The Morgan fingerprint density at radius 2 is 1.88 bits per heavy atom. The molecule has 0 amide bonds. The number of hydrogen-bond donors (Lipinski definition) is 1. The predicted octanol–water partition coefficient (Wildman–Crippen LogP) is 4.46. The molecule has 2 aromatic rings. The van der Waals surface area contributed by atoms with Crippen LogP contribution in [-0.4, -0.2) is 17.7 Å². The molecule has 0 spiro atoms. The summed E-state index contributed by atoms with van der Waals surface area (Å²) in [5.41, 5.74) is -0.596. The zero-order valence-electron chi connectivity index (χ0n) is 12.2. The number of ether oxygens (including phenoxy) is 1. The van der Waals surface area contributed by atoms with Crippen LogP contribution in [0.15, 0.2) is 36.4 Å². The quantitative estimate of drug-likeness (QED) is 0.821. The summed E-state index contributed by atoms with van der Waals surface area (Å²) in [4.78, 5) is 11.4. The van der Waals surface area contributed by atoms with Crippen LogP contribution in [0.5, 0.6) is 5.75 Å². The number of carbonyl (C=O) groups is 1. The molecule has 3 nitrogen and oxygen atoms in total. The fraction of sp³-hybridized carbons (Fsp3) is 0.235. The van der Waals surface area contributed by atoms with E-state index < -0.39 is 29.4 Å². The van der Waals surface area contributed by atoms with E-state index in [0.29, 0.717) is 12.0 Å². The van der Waals surface area contributed by atoms with Gasteiger partial charge in [-0.3, -0.25) is 0 Å². The molecule has 0 fully saturated rings. The summed E-state index contributed by atoms with van der Waals surface area (Å²) >= 11 is 0.